The van der Waals surface area contributed by atoms with Gasteiger partial charge < -0.3 is 0 Å². The fourth-order valence-electron chi connectivity index (χ4n) is 7.08. The molecular formula is C24H20N2O4. The summed E-state index contributed by atoms with van der Waals surface area (Å²) in [7, 11) is 0. The van der Waals surface area contributed by atoms with Gasteiger partial charge in [0.2, 0.25) is 23.6 Å². The van der Waals surface area contributed by atoms with Crippen molar-refractivity contribution in [2.45, 2.75) is 12.8 Å². The molecule has 4 amide bonds. The average molecular weight is 400 g/mol. The van der Waals surface area contributed by atoms with Crippen LogP contribution in [0.2, 0.25) is 0 Å². The molecule has 0 aromatic heterocycles. The van der Waals surface area contributed by atoms with Gasteiger partial charge in [-0.25, -0.2) is 9.80 Å². The average Bonchev–Trinajstić information content (AvgIpc) is 3.55. The largest absolute Gasteiger partial charge is 0.274 e. The molecule has 0 N–H and O–H groups in total. The number of amides is 4. The van der Waals surface area contributed by atoms with E-state index in [-0.39, 0.29) is 71.0 Å². The van der Waals surface area contributed by atoms with Crippen molar-refractivity contribution in [2.75, 3.05) is 9.80 Å². The van der Waals surface area contributed by atoms with E-state index in [0.29, 0.717) is 11.4 Å². The summed E-state index contributed by atoms with van der Waals surface area (Å²) >= 11 is 0. The summed E-state index contributed by atoms with van der Waals surface area (Å²) < 4.78 is 0. The molecule has 6 nitrogen and oxygen atoms in total. The number of carbonyl (C=O) groups excluding carboxylic acids is 4. The smallest absolute Gasteiger partial charge is 0.238 e. The van der Waals surface area contributed by atoms with E-state index in [1.165, 1.54) is 9.80 Å². The molecule has 2 saturated carbocycles. The van der Waals surface area contributed by atoms with Crippen molar-refractivity contribution < 1.29 is 19.2 Å². The molecule has 2 heterocycles. The first kappa shape index (κ1) is 16.7. The van der Waals surface area contributed by atoms with Crippen LogP contribution in [0.3, 0.4) is 0 Å². The molecule has 2 aliphatic heterocycles. The van der Waals surface area contributed by atoms with E-state index in [4.69, 9.17) is 0 Å². The van der Waals surface area contributed by atoms with Gasteiger partial charge >= 0.3 is 0 Å². The highest BCUT2D eigenvalue weighted by molar-refractivity contribution is 6.25. The lowest BCUT2D eigenvalue weighted by Gasteiger charge is -2.21. The first-order valence-corrected chi connectivity index (χ1v) is 10.8. The minimum Gasteiger partial charge on any atom is -0.274 e. The van der Waals surface area contributed by atoms with Crippen LogP contribution in [0.4, 0.5) is 11.4 Å². The van der Waals surface area contributed by atoms with Gasteiger partial charge in [0.05, 0.1) is 35.0 Å². The number of rotatable bonds is 2. The second-order valence-electron chi connectivity index (χ2n) is 9.54. The number of hydrogen-bond donors (Lipinski definition) is 0. The predicted molar refractivity (Wildman–Crippen MR) is 107 cm³/mol. The molecule has 6 heteroatoms. The molecule has 1 aromatic carbocycles. The minimum absolute atomic E-state index is 0.147. The molecule has 30 heavy (non-hydrogen) atoms. The van der Waals surface area contributed by atoms with E-state index in [1.54, 1.807) is 24.3 Å². The third-order valence-corrected chi connectivity index (χ3v) is 8.29. The second-order valence-corrected chi connectivity index (χ2v) is 9.54. The number of benzene rings is 1. The van der Waals surface area contributed by atoms with Gasteiger partial charge in [-0.15, -0.1) is 0 Å². The SMILES string of the molecule is O=C1[C@@H]2[C@@H](C(=O)N1c1cccc(N3C(=O)[C@@H]4[C@H](C3=O)[C@@H]3C=C[C@H]4C3)c1)[C@H]1C=C[C@@H]2C1. The molecule has 7 rings (SSSR count). The van der Waals surface area contributed by atoms with Crippen LogP contribution in [0.1, 0.15) is 12.8 Å². The van der Waals surface area contributed by atoms with Crippen molar-refractivity contribution in [3.05, 3.63) is 48.6 Å². The Balaban J connectivity index is 1.24. The van der Waals surface area contributed by atoms with Crippen LogP contribution in [-0.4, -0.2) is 23.6 Å². The van der Waals surface area contributed by atoms with Gasteiger partial charge in [-0.2, -0.15) is 0 Å². The molecule has 2 saturated heterocycles. The number of carbonyl (C=O) groups is 4. The van der Waals surface area contributed by atoms with Crippen LogP contribution < -0.4 is 9.80 Å². The van der Waals surface area contributed by atoms with E-state index in [1.807, 2.05) is 0 Å². The molecule has 4 aliphatic carbocycles. The summed E-state index contributed by atoms with van der Waals surface area (Å²) in [5.74, 6) is -1.12. The Kier molecular flexibility index (Phi) is 2.99. The van der Waals surface area contributed by atoms with Crippen LogP contribution in [0.5, 0.6) is 0 Å². The Morgan fingerprint density at radius 2 is 0.900 bits per heavy atom. The van der Waals surface area contributed by atoms with Crippen LogP contribution in [-0.2, 0) is 19.2 Å². The molecule has 1 aromatic rings. The van der Waals surface area contributed by atoms with E-state index < -0.39 is 0 Å². The molecule has 0 radical (unpaired) electrons. The van der Waals surface area contributed by atoms with Crippen LogP contribution in [0.25, 0.3) is 0 Å². The molecule has 4 fully saturated rings. The first-order chi connectivity index (χ1) is 14.5. The maximum atomic E-state index is 13.1. The Labute approximate surface area is 173 Å². The lowest BCUT2D eigenvalue weighted by molar-refractivity contribution is -0.124. The van der Waals surface area contributed by atoms with Crippen molar-refractivity contribution in [3.63, 3.8) is 0 Å². The van der Waals surface area contributed by atoms with Crippen molar-refractivity contribution in [2.24, 2.45) is 47.3 Å². The highest BCUT2D eigenvalue weighted by Gasteiger charge is 2.61. The van der Waals surface area contributed by atoms with Crippen molar-refractivity contribution >= 4 is 35.0 Å². The van der Waals surface area contributed by atoms with Gasteiger partial charge in [-0.05, 0) is 54.7 Å². The summed E-state index contributed by atoms with van der Waals surface area (Å²) in [5.41, 5.74) is 0.908. The highest BCUT2D eigenvalue weighted by Crippen LogP contribution is 2.55. The van der Waals surface area contributed by atoms with Gasteiger partial charge in [0, 0.05) is 0 Å². The van der Waals surface area contributed by atoms with Crippen LogP contribution in [0.15, 0.2) is 48.6 Å². The number of hydrogen-bond acceptors (Lipinski definition) is 4. The fourth-order valence-corrected chi connectivity index (χ4v) is 7.08. The first-order valence-electron chi connectivity index (χ1n) is 10.8. The van der Waals surface area contributed by atoms with E-state index >= 15 is 0 Å². The maximum absolute atomic E-state index is 13.1. The summed E-state index contributed by atoms with van der Waals surface area (Å²) in [6.07, 6.45) is 10.0. The van der Waals surface area contributed by atoms with Gasteiger partial charge in [0.1, 0.15) is 0 Å². The highest BCUT2D eigenvalue weighted by atomic mass is 16.2. The number of nitrogens with zero attached hydrogens (tertiary/aromatic N) is 2. The van der Waals surface area contributed by atoms with Crippen LogP contribution in [0, 0.1) is 47.3 Å². The lowest BCUT2D eigenvalue weighted by atomic mass is 9.85. The predicted octanol–water partition coefficient (Wildman–Crippen LogP) is 2.31. The summed E-state index contributed by atoms with van der Waals surface area (Å²) in [6, 6.07) is 6.80. The summed E-state index contributed by atoms with van der Waals surface area (Å²) in [6.45, 7) is 0. The molecule has 0 unspecified atom stereocenters. The topological polar surface area (TPSA) is 74.8 Å². The quantitative estimate of drug-likeness (QED) is 0.564. The maximum Gasteiger partial charge on any atom is 0.238 e. The number of imide groups is 2. The zero-order valence-electron chi connectivity index (χ0n) is 16.2. The Morgan fingerprint density at radius 1 is 0.567 bits per heavy atom. The minimum atomic E-state index is -0.271. The molecule has 150 valence electrons. The third-order valence-electron chi connectivity index (χ3n) is 8.29. The zero-order valence-corrected chi connectivity index (χ0v) is 16.2. The van der Waals surface area contributed by atoms with Crippen molar-refractivity contribution in [1.29, 1.82) is 0 Å². The normalized spacial score (nSPS) is 42.3. The Hall–Kier alpha value is -3.02. The molecular weight excluding hydrogens is 380 g/mol. The lowest BCUT2D eigenvalue weighted by Crippen LogP contribution is -2.34. The van der Waals surface area contributed by atoms with Gasteiger partial charge in [-0.1, -0.05) is 30.4 Å². The Bertz CT molecular complexity index is 977. The number of anilines is 2. The zero-order chi connectivity index (χ0) is 20.3. The van der Waals surface area contributed by atoms with E-state index in [0.717, 1.165) is 12.8 Å². The number of allylic oxidation sites excluding steroid dienone is 4. The van der Waals surface area contributed by atoms with E-state index in [9.17, 15) is 19.2 Å². The monoisotopic (exact) mass is 400 g/mol. The van der Waals surface area contributed by atoms with Crippen molar-refractivity contribution in [3.8, 4) is 0 Å². The fraction of sp³-hybridized carbons (Fsp3) is 0.417. The summed E-state index contributed by atoms with van der Waals surface area (Å²) in [4.78, 5) is 55.0. The molecule has 8 atom stereocenters. The van der Waals surface area contributed by atoms with Gasteiger partial charge in [-0.3, -0.25) is 19.2 Å². The Morgan fingerprint density at radius 3 is 1.23 bits per heavy atom. The number of fused-ring (bicyclic) bond motifs is 10. The van der Waals surface area contributed by atoms with Crippen LogP contribution >= 0.6 is 0 Å². The van der Waals surface area contributed by atoms with Gasteiger partial charge in [0.25, 0.3) is 0 Å². The third kappa shape index (κ3) is 1.81. The van der Waals surface area contributed by atoms with Gasteiger partial charge in [0.15, 0.2) is 0 Å². The van der Waals surface area contributed by atoms with Crippen molar-refractivity contribution in [1.82, 2.24) is 0 Å². The molecule has 4 bridgehead atoms. The molecule has 6 aliphatic rings. The standard InChI is InChI=1S/C24H20N2O4/c27-21-17-11-4-5-12(8-11)18(17)22(28)25(21)15-2-1-3-16(10-15)26-23(29)19-13-6-7-14(9-13)20(19)24(26)30/h1-7,10-14,17-20H,8-9H2/t11-,12+,13-,14+,17-,18-,19-,20+/m0/s1. The summed E-state index contributed by atoms with van der Waals surface area (Å²) in [5, 5.41) is 0. The molecule has 0 spiro atoms. The van der Waals surface area contributed by atoms with E-state index in [2.05, 4.69) is 24.3 Å². The second kappa shape index (κ2) is 5.36.